The number of carbonyl (C=O) groups is 1. The van der Waals surface area contributed by atoms with E-state index in [0.717, 1.165) is 18.4 Å². The van der Waals surface area contributed by atoms with Crippen molar-refractivity contribution in [1.29, 1.82) is 0 Å². The summed E-state index contributed by atoms with van der Waals surface area (Å²) in [6.07, 6.45) is 2.30. The van der Waals surface area contributed by atoms with Gasteiger partial charge in [0.1, 0.15) is 0 Å². The van der Waals surface area contributed by atoms with Crippen LogP contribution < -0.4 is 10.0 Å². The molecule has 6 nitrogen and oxygen atoms in total. The number of carboxylic acids is 1. The second-order valence-corrected chi connectivity index (χ2v) is 8.20. The monoisotopic (exact) mass is 390 g/mol. The lowest BCUT2D eigenvalue weighted by Crippen LogP contribution is -2.32. The van der Waals surface area contributed by atoms with Crippen LogP contribution >= 0.6 is 0 Å². The second kappa shape index (κ2) is 9.53. The summed E-state index contributed by atoms with van der Waals surface area (Å²) >= 11 is 0. The fourth-order valence-electron chi connectivity index (χ4n) is 2.83. The van der Waals surface area contributed by atoms with Crippen molar-refractivity contribution in [3.8, 4) is 0 Å². The van der Waals surface area contributed by atoms with Gasteiger partial charge in [-0.3, -0.25) is 0 Å². The Kier molecular flexibility index (Phi) is 7.38. The molecule has 7 heteroatoms. The van der Waals surface area contributed by atoms with Gasteiger partial charge in [-0.05, 0) is 43.5 Å². The Morgan fingerprint density at radius 3 is 2.48 bits per heavy atom. The molecule has 0 saturated heterocycles. The minimum absolute atomic E-state index is 0.0449. The van der Waals surface area contributed by atoms with Crippen LogP contribution in [0.5, 0.6) is 0 Å². The molecule has 0 bridgehead atoms. The summed E-state index contributed by atoms with van der Waals surface area (Å²) in [6, 6.07) is 13.8. The van der Waals surface area contributed by atoms with Gasteiger partial charge < -0.3 is 10.4 Å². The summed E-state index contributed by atoms with van der Waals surface area (Å²) in [5, 5.41) is 12.6. The van der Waals surface area contributed by atoms with E-state index in [1.807, 2.05) is 37.3 Å². The van der Waals surface area contributed by atoms with Crippen LogP contribution in [0, 0.1) is 0 Å². The van der Waals surface area contributed by atoms with Gasteiger partial charge in [-0.25, -0.2) is 17.9 Å². The molecule has 3 N–H and O–H groups in total. The third kappa shape index (κ3) is 6.08. The van der Waals surface area contributed by atoms with Gasteiger partial charge in [0.2, 0.25) is 10.0 Å². The Labute approximate surface area is 160 Å². The molecule has 0 aromatic heterocycles. The van der Waals surface area contributed by atoms with Crippen LogP contribution in [0.2, 0.25) is 0 Å². The maximum Gasteiger partial charge on any atom is 0.337 e. The number of rotatable bonds is 10. The lowest BCUT2D eigenvalue weighted by molar-refractivity contribution is 0.0697. The van der Waals surface area contributed by atoms with Crippen molar-refractivity contribution < 1.29 is 18.3 Å². The van der Waals surface area contributed by atoms with Gasteiger partial charge in [0.25, 0.3) is 0 Å². The zero-order valence-corrected chi connectivity index (χ0v) is 16.4. The van der Waals surface area contributed by atoms with E-state index in [0.29, 0.717) is 18.7 Å². The molecular weight excluding hydrogens is 364 g/mol. The molecule has 0 saturated carbocycles. The first-order valence-corrected chi connectivity index (χ1v) is 10.5. The lowest BCUT2D eigenvalue weighted by Gasteiger charge is -2.15. The highest BCUT2D eigenvalue weighted by Crippen LogP contribution is 2.21. The van der Waals surface area contributed by atoms with Crippen LogP contribution in [0.1, 0.15) is 42.6 Å². The van der Waals surface area contributed by atoms with Gasteiger partial charge in [-0.2, -0.15) is 0 Å². The molecule has 2 aromatic rings. The van der Waals surface area contributed by atoms with E-state index in [9.17, 15) is 18.3 Å². The Morgan fingerprint density at radius 1 is 1.15 bits per heavy atom. The summed E-state index contributed by atoms with van der Waals surface area (Å²) < 4.78 is 27.5. The van der Waals surface area contributed by atoms with Crippen molar-refractivity contribution in [2.75, 3.05) is 11.9 Å². The van der Waals surface area contributed by atoms with Crippen LogP contribution in [0.4, 0.5) is 5.69 Å². The number of benzene rings is 2. The van der Waals surface area contributed by atoms with E-state index < -0.39 is 16.0 Å². The molecule has 0 unspecified atom stereocenters. The Balaban J connectivity index is 2.15. The standard InChI is InChI=1S/C20H26N2O4S/c1-3-7-15(2)22-27(25,26)17-10-11-19(18(14-17)20(23)24)21-13-12-16-8-5-4-6-9-16/h4-6,8-11,14-15,21-22H,3,7,12-13H2,1-2H3,(H,23,24)/t15-/m0/s1. The molecule has 146 valence electrons. The summed E-state index contributed by atoms with van der Waals surface area (Å²) in [5.41, 5.74) is 1.48. The fourth-order valence-corrected chi connectivity index (χ4v) is 4.14. The van der Waals surface area contributed by atoms with Crippen molar-refractivity contribution in [2.45, 2.75) is 44.0 Å². The second-order valence-electron chi connectivity index (χ2n) is 6.49. The van der Waals surface area contributed by atoms with Gasteiger partial charge in [-0.15, -0.1) is 0 Å². The predicted molar refractivity (Wildman–Crippen MR) is 107 cm³/mol. The number of nitrogens with one attached hydrogen (secondary N) is 2. The highest BCUT2D eigenvalue weighted by molar-refractivity contribution is 7.89. The van der Waals surface area contributed by atoms with E-state index in [1.54, 1.807) is 6.92 Å². The Hall–Kier alpha value is -2.38. The predicted octanol–water partition coefficient (Wildman–Crippen LogP) is 3.51. The summed E-state index contributed by atoms with van der Waals surface area (Å²) in [6.45, 7) is 4.31. The molecule has 0 amide bonds. The van der Waals surface area contributed by atoms with Gasteiger partial charge in [0, 0.05) is 18.3 Å². The summed E-state index contributed by atoms with van der Waals surface area (Å²) in [4.78, 5) is 11.6. The first kappa shape index (κ1) is 20.9. The molecule has 0 aliphatic heterocycles. The third-order valence-corrected chi connectivity index (χ3v) is 5.77. The Bertz CT molecular complexity index is 867. The van der Waals surface area contributed by atoms with Gasteiger partial charge >= 0.3 is 5.97 Å². The largest absolute Gasteiger partial charge is 0.478 e. The van der Waals surface area contributed by atoms with Crippen LogP contribution in [0.15, 0.2) is 53.4 Å². The molecule has 0 radical (unpaired) electrons. The quantitative estimate of drug-likeness (QED) is 0.577. The highest BCUT2D eigenvalue weighted by Gasteiger charge is 2.20. The molecular formula is C20H26N2O4S. The maximum atomic E-state index is 12.5. The molecule has 2 aromatic carbocycles. The van der Waals surface area contributed by atoms with Crippen LogP contribution in [-0.2, 0) is 16.4 Å². The molecule has 2 rings (SSSR count). The zero-order valence-electron chi connectivity index (χ0n) is 15.6. The van der Waals surface area contributed by atoms with E-state index in [1.165, 1.54) is 18.2 Å². The topological polar surface area (TPSA) is 95.5 Å². The minimum Gasteiger partial charge on any atom is -0.478 e. The van der Waals surface area contributed by atoms with Gasteiger partial charge in [-0.1, -0.05) is 43.7 Å². The lowest BCUT2D eigenvalue weighted by atomic mass is 10.1. The van der Waals surface area contributed by atoms with Crippen molar-refractivity contribution in [3.63, 3.8) is 0 Å². The molecule has 0 heterocycles. The third-order valence-electron chi connectivity index (χ3n) is 4.18. The normalized spacial score (nSPS) is 12.5. The van der Waals surface area contributed by atoms with Gasteiger partial charge in [0.15, 0.2) is 0 Å². The van der Waals surface area contributed by atoms with Crippen molar-refractivity contribution in [3.05, 3.63) is 59.7 Å². The minimum atomic E-state index is -3.76. The van der Waals surface area contributed by atoms with Gasteiger partial charge in [0.05, 0.1) is 10.5 Å². The molecule has 0 aliphatic carbocycles. The summed E-state index contributed by atoms with van der Waals surface area (Å²) in [7, 11) is -3.76. The van der Waals surface area contributed by atoms with E-state index in [4.69, 9.17) is 0 Å². The number of anilines is 1. The van der Waals surface area contributed by atoms with Crippen LogP contribution in [0.25, 0.3) is 0 Å². The Morgan fingerprint density at radius 2 is 1.85 bits per heavy atom. The van der Waals surface area contributed by atoms with E-state index in [2.05, 4.69) is 10.0 Å². The number of hydrogen-bond acceptors (Lipinski definition) is 4. The fraction of sp³-hybridized carbons (Fsp3) is 0.350. The van der Waals surface area contributed by atoms with Crippen LogP contribution in [-0.4, -0.2) is 32.1 Å². The maximum absolute atomic E-state index is 12.5. The van der Waals surface area contributed by atoms with Crippen molar-refractivity contribution in [2.24, 2.45) is 0 Å². The number of aromatic carboxylic acids is 1. The highest BCUT2D eigenvalue weighted by atomic mass is 32.2. The number of sulfonamides is 1. The number of hydrogen-bond donors (Lipinski definition) is 3. The average molecular weight is 391 g/mol. The molecule has 0 aliphatic rings. The first-order chi connectivity index (χ1) is 12.8. The van der Waals surface area contributed by atoms with E-state index >= 15 is 0 Å². The zero-order chi connectivity index (χ0) is 19.9. The average Bonchev–Trinajstić information content (AvgIpc) is 2.62. The van der Waals surface area contributed by atoms with E-state index in [-0.39, 0.29) is 16.5 Å². The van der Waals surface area contributed by atoms with Crippen molar-refractivity contribution >= 4 is 21.7 Å². The first-order valence-electron chi connectivity index (χ1n) is 9.01. The van der Waals surface area contributed by atoms with Crippen LogP contribution in [0.3, 0.4) is 0 Å². The smallest absolute Gasteiger partial charge is 0.337 e. The number of carboxylic acid groups (broad SMARTS) is 1. The molecule has 0 spiro atoms. The summed E-state index contributed by atoms with van der Waals surface area (Å²) in [5.74, 6) is -1.17. The SMILES string of the molecule is CCC[C@H](C)NS(=O)(=O)c1ccc(NCCc2ccccc2)c(C(=O)O)c1. The molecule has 0 fully saturated rings. The molecule has 27 heavy (non-hydrogen) atoms. The van der Waals surface area contributed by atoms with Crippen molar-refractivity contribution in [1.82, 2.24) is 4.72 Å². The molecule has 1 atom stereocenters.